The van der Waals surface area contributed by atoms with Crippen molar-refractivity contribution >= 4 is 5.91 Å². The molecular formula is C15H21NO2. The Labute approximate surface area is 108 Å². The minimum atomic E-state index is -0.0994. The van der Waals surface area contributed by atoms with Crippen LogP contribution in [0, 0.1) is 5.41 Å². The fraction of sp³-hybridized carbons (Fsp3) is 0.533. The molecule has 0 heterocycles. The van der Waals surface area contributed by atoms with Crippen LogP contribution < -0.4 is 5.32 Å². The van der Waals surface area contributed by atoms with Crippen molar-refractivity contribution in [1.82, 2.24) is 5.32 Å². The number of benzene rings is 1. The van der Waals surface area contributed by atoms with Gasteiger partial charge in [0.25, 0.3) is 5.91 Å². The summed E-state index contributed by atoms with van der Waals surface area (Å²) in [5, 5.41) is 12.3. The van der Waals surface area contributed by atoms with E-state index in [9.17, 15) is 9.90 Å². The Bertz CT molecular complexity index is 422. The van der Waals surface area contributed by atoms with Crippen molar-refractivity contribution in [3.63, 3.8) is 0 Å². The number of amides is 1. The number of phenolic OH excluding ortho intramolecular Hbond substituents is 1. The second kappa shape index (κ2) is 5.42. The highest BCUT2D eigenvalue weighted by atomic mass is 16.3. The van der Waals surface area contributed by atoms with Gasteiger partial charge in [0.15, 0.2) is 0 Å². The molecule has 0 aliphatic heterocycles. The van der Waals surface area contributed by atoms with Crippen LogP contribution in [0.1, 0.15) is 49.4 Å². The molecule has 1 fully saturated rings. The summed E-state index contributed by atoms with van der Waals surface area (Å²) in [6, 6.07) is 6.47. The van der Waals surface area contributed by atoms with E-state index in [-0.39, 0.29) is 17.1 Å². The zero-order chi connectivity index (χ0) is 13.0. The third-order valence-corrected chi connectivity index (χ3v) is 3.84. The van der Waals surface area contributed by atoms with Crippen LogP contribution in [0.5, 0.6) is 5.75 Å². The van der Waals surface area contributed by atoms with Gasteiger partial charge in [0.05, 0.1) is 0 Å². The van der Waals surface area contributed by atoms with E-state index in [1.54, 1.807) is 18.2 Å². The molecule has 0 saturated heterocycles. The highest BCUT2D eigenvalue weighted by Gasteiger charge is 2.27. The number of carbonyl (C=O) groups excluding carboxylic acids is 1. The number of carbonyl (C=O) groups is 1. The van der Waals surface area contributed by atoms with Crippen molar-refractivity contribution in [2.75, 3.05) is 6.54 Å². The number of rotatable bonds is 3. The van der Waals surface area contributed by atoms with Crippen LogP contribution in [0.15, 0.2) is 24.3 Å². The van der Waals surface area contributed by atoms with E-state index in [2.05, 4.69) is 12.2 Å². The number of aromatic hydroxyl groups is 1. The molecule has 0 aromatic heterocycles. The Morgan fingerprint density at radius 2 is 2.06 bits per heavy atom. The molecule has 1 amide bonds. The first kappa shape index (κ1) is 12.9. The first-order valence-electron chi connectivity index (χ1n) is 6.66. The largest absolute Gasteiger partial charge is 0.508 e. The number of hydrogen-bond acceptors (Lipinski definition) is 2. The average Bonchev–Trinajstić information content (AvgIpc) is 2.37. The monoisotopic (exact) mass is 247 g/mol. The van der Waals surface area contributed by atoms with Gasteiger partial charge in [-0.3, -0.25) is 4.79 Å². The minimum Gasteiger partial charge on any atom is -0.508 e. The van der Waals surface area contributed by atoms with Crippen LogP contribution in [0.25, 0.3) is 0 Å². The number of hydrogen-bond donors (Lipinski definition) is 2. The van der Waals surface area contributed by atoms with Crippen molar-refractivity contribution in [2.45, 2.75) is 39.0 Å². The van der Waals surface area contributed by atoms with Crippen molar-refractivity contribution in [3.8, 4) is 5.75 Å². The van der Waals surface area contributed by atoms with E-state index in [0.717, 1.165) is 6.54 Å². The predicted molar refractivity (Wildman–Crippen MR) is 71.6 cm³/mol. The molecule has 3 nitrogen and oxygen atoms in total. The van der Waals surface area contributed by atoms with Crippen molar-refractivity contribution in [1.29, 1.82) is 0 Å². The van der Waals surface area contributed by atoms with E-state index in [0.29, 0.717) is 5.56 Å². The van der Waals surface area contributed by atoms with Crippen LogP contribution in [0.4, 0.5) is 0 Å². The normalized spacial score (nSPS) is 18.3. The van der Waals surface area contributed by atoms with Gasteiger partial charge in [-0.2, -0.15) is 0 Å². The molecule has 2 rings (SSSR count). The maximum atomic E-state index is 12.0. The topological polar surface area (TPSA) is 49.3 Å². The van der Waals surface area contributed by atoms with Crippen molar-refractivity contribution < 1.29 is 9.90 Å². The zero-order valence-corrected chi connectivity index (χ0v) is 10.9. The minimum absolute atomic E-state index is 0.0994. The summed E-state index contributed by atoms with van der Waals surface area (Å²) in [5.41, 5.74) is 0.763. The van der Waals surface area contributed by atoms with Crippen molar-refractivity contribution in [3.05, 3.63) is 29.8 Å². The van der Waals surface area contributed by atoms with E-state index in [4.69, 9.17) is 0 Å². The van der Waals surface area contributed by atoms with Gasteiger partial charge in [-0.1, -0.05) is 32.3 Å². The number of nitrogens with one attached hydrogen (secondary N) is 1. The quantitative estimate of drug-likeness (QED) is 0.862. The van der Waals surface area contributed by atoms with Gasteiger partial charge in [-0.25, -0.2) is 0 Å². The van der Waals surface area contributed by atoms with E-state index < -0.39 is 0 Å². The average molecular weight is 247 g/mol. The first-order chi connectivity index (χ1) is 8.59. The highest BCUT2D eigenvalue weighted by Crippen LogP contribution is 2.34. The van der Waals surface area contributed by atoms with Gasteiger partial charge in [0.2, 0.25) is 0 Å². The number of phenols is 1. The summed E-state index contributed by atoms with van der Waals surface area (Å²) in [5.74, 6) is 0.0317. The molecule has 1 saturated carbocycles. The molecule has 1 aromatic carbocycles. The van der Waals surface area contributed by atoms with Gasteiger partial charge < -0.3 is 10.4 Å². The smallest absolute Gasteiger partial charge is 0.251 e. The lowest BCUT2D eigenvalue weighted by molar-refractivity contribution is 0.0919. The Kier molecular flexibility index (Phi) is 3.90. The van der Waals surface area contributed by atoms with E-state index in [1.807, 2.05) is 0 Å². The lowest BCUT2D eigenvalue weighted by Crippen LogP contribution is -2.36. The summed E-state index contributed by atoms with van der Waals surface area (Å²) >= 11 is 0. The highest BCUT2D eigenvalue weighted by molar-refractivity contribution is 5.94. The Balaban J connectivity index is 1.92. The van der Waals surface area contributed by atoms with E-state index in [1.165, 1.54) is 38.2 Å². The van der Waals surface area contributed by atoms with Gasteiger partial charge in [0.1, 0.15) is 5.75 Å². The van der Waals surface area contributed by atoms with Gasteiger partial charge in [-0.15, -0.1) is 0 Å². The summed E-state index contributed by atoms with van der Waals surface area (Å²) in [6.45, 7) is 2.97. The molecule has 0 radical (unpaired) electrons. The fourth-order valence-electron chi connectivity index (χ4n) is 2.62. The first-order valence-corrected chi connectivity index (χ1v) is 6.66. The van der Waals surface area contributed by atoms with Gasteiger partial charge in [-0.05, 0) is 36.5 Å². The molecule has 3 heteroatoms. The van der Waals surface area contributed by atoms with Crippen LogP contribution >= 0.6 is 0 Å². The van der Waals surface area contributed by atoms with Crippen LogP contribution in [-0.4, -0.2) is 17.6 Å². The molecule has 0 unspecified atom stereocenters. The molecule has 0 bridgehead atoms. The lowest BCUT2D eigenvalue weighted by atomic mass is 9.76. The Hall–Kier alpha value is -1.51. The standard InChI is InChI=1S/C15H21NO2/c1-15(8-3-2-4-9-15)11-16-14(18)12-6-5-7-13(17)10-12/h5-7,10,17H,2-4,8-9,11H2,1H3,(H,16,18). The molecule has 1 aliphatic carbocycles. The molecule has 18 heavy (non-hydrogen) atoms. The zero-order valence-electron chi connectivity index (χ0n) is 10.9. The molecule has 1 aliphatic rings. The second-order valence-corrected chi connectivity index (χ2v) is 5.60. The Morgan fingerprint density at radius 3 is 2.72 bits per heavy atom. The van der Waals surface area contributed by atoms with Crippen molar-refractivity contribution in [2.24, 2.45) is 5.41 Å². The molecule has 98 valence electrons. The fourth-order valence-corrected chi connectivity index (χ4v) is 2.62. The molecule has 1 aromatic rings. The third-order valence-electron chi connectivity index (χ3n) is 3.84. The second-order valence-electron chi connectivity index (χ2n) is 5.60. The maximum absolute atomic E-state index is 12.0. The van der Waals surface area contributed by atoms with Crippen LogP contribution in [-0.2, 0) is 0 Å². The van der Waals surface area contributed by atoms with E-state index >= 15 is 0 Å². The molecular weight excluding hydrogens is 226 g/mol. The summed E-state index contributed by atoms with van der Waals surface area (Å²) in [7, 11) is 0. The SMILES string of the molecule is CC1(CNC(=O)c2cccc(O)c2)CCCCC1. The maximum Gasteiger partial charge on any atom is 0.251 e. The van der Waals surface area contributed by atoms with Crippen LogP contribution in [0.3, 0.4) is 0 Å². The summed E-state index contributed by atoms with van der Waals surface area (Å²) < 4.78 is 0. The van der Waals surface area contributed by atoms with Gasteiger partial charge >= 0.3 is 0 Å². The summed E-state index contributed by atoms with van der Waals surface area (Å²) in [4.78, 5) is 12.0. The van der Waals surface area contributed by atoms with Gasteiger partial charge in [0, 0.05) is 12.1 Å². The third kappa shape index (κ3) is 3.25. The molecule has 2 N–H and O–H groups in total. The molecule has 0 spiro atoms. The lowest BCUT2D eigenvalue weighted by Gasteiger charge is -2.33. The Morgan fingerprint density at radius 1 is 1.33 bits per heavy atom. The predicted octanol–water partition coefficient (Wildman–Crippen LogP) is 3.09. The summed E-state index contributed by atoms with van der Waals surface area (Å²) in [6.07, 6.45) is 6.22. The van der Waals surface area contributed by atoms with Crippen LogP contribution in [0.2, 0.25) is 0 Å². The molecule has 0 atom stereocenters.